The molecule has 0 aliphatic heterocycles. The van der Waals surface area contributed by atoms with E-state index in [1.165, 1.54) is 29.8 Å². The van der Waals surface area contributed by atoms with E-state index in [0.29, 0.717) is 5.56 Å². The summed E-state index contributed by atoms with van der Waals surface area (Å²) in [4.78, 5) is 8.56. The van der Waals surface area contributed by atoms with Crippen LogP contribution in [0.1, 0.15) is 77.5 Å². The van der Waals surface area contributed by atoms with Crippen LogP contribution in [0.4, 0.5) is 4.39 Å². The Morgan fingerprint density at radius 1 is 0.837 bits per heavy atom. The summed E-state index contributed by atoms with van der Waals surface area (Å²) >= 11 is 0. The molecular formula is C39H41FIrN2-2. The van der Waals surface area contributed by atoms with Crippen molar-refractivity contribution in [2.45, 2.75) is 67.0 Å². The second-order valence-corrected chi connectivity index (χ2v) is 12.0. The van der Waals surface area contributed by atoms with Gasteiger partial charge in [0, 0.05) is 49.3 Å². The second-order valence-electron chi connectivity index (χ2n) is 12.0. The summed E-state index contributed by atoms with van der Waals surface area (Å²) in [6, 6.07) is 22.6. The molecule has 0 saturated heterocycles. The SMILES string of the molecule is CC(C)(C)c1ccc(-c2[c-]cc(F)cc2)nc1.[2H]c1cc(C([2H])([2H])C(C)(C)C)cc(C([2H])([2H])[2H])c1-c1c(C([2H])([2H])[2H])cnc(-c2[c-]cccc2)c1[2H].[Ir]. The number of rotatable bonds is 4. The molecule has 0 aliphatic carbocycles. The van der Waals surface area contributed by atoms with E-state index in [-0.39, 0.29) is 76.9 Å². The van der Waals surface area contributed by atoms with Gasteiger partial charge in [0.15, 0.2) is 0 Å². The molecule has 0 fully saturated rings. The van der Waals surface area contributed by atoms with Gasteiger partial charge in [0.25, 0.3) is 0 Å². The average Bonchev–Trinajstić information content (AvgIpc) is 3.04. The zero-order valence-corrected chi connectivity index (χ0v) is 27.5. The van der Waals surface area contributed by atoms with Crippen LogP contribution in [0.2, 0.25) is 0 Å². The van der Waals surface area contributed by atoms with E-state index in [1.807, 2.05) is 12.3 Å². The van der Waals surface area contributed by atoms with Crippen molar-refractivity contribution < 1.29 is 38.2 Å². The van der Waals surface area contributed by atoms with Gasteiger partial charge < -0.3 is 9.97 Å². The van der Waals surface area contributed by atoms with Crippen molar-refractivity contribution in [1.82, 2.24) is 9.97 Å². The molecule has 0 atom stereocenters. The van der Waals surface area contributed by atoms with Crippen molar-refractivity contribution in [1.29, 1.82) is 0 Å². The van der Waals surface area contributed by atoms with Crippen molar-refractivity contribution in [3.63, 3.8) is 0 Å². The van der Waals surface area contributed by atoms with Gasteiger partial charge in [-0.2, -0.15) is 0 Å². The Hall–Kier alpha value is -3.46. The minimum atomic E-state index is -2.81. The van der Waals surface area contributed by atoms with Crippen LogP contribution in [-0.2, 0) is 31.9 Å². The van der Waals surface area contributed by atoms with Crippen molar-refractivity contribution in [3.05, 3.63) is 131 Å². The van der Waals surface area contributed by atoms with E-state index >= 15 is 0 Å². The van der Waals surface area contributed by atoms with E-state index in [0.717, 1.165) is 17.5 Å². The molecule has 0 spiro atoms. The number of hydrogen-bond acceptors (Lipinski definition) is 2. The third-order valence-electron chi connectivity index (χ3n) is 6.19. The number of benzene rings is 3. The molecule has 1 radical (unpaired) electrons. The van der Waals surface area contributed by atoms with E-state index in [4.69, 9.17) is 13.7 Å². The number of hydrogen-bond donors (Lipinski definition) is 0. The van der Waals surface area contributed by atoms with Gasteiger partial charge in [-0.15, -0.1) is 65.7 Å². The third kappa shape index (κ3) is 9.51. The third-order valence-corrected chi connectivity index (χ3v) is 6.19. The fourth-order valence-corrected chi connectivity index (χ4v) is 4.06. The van der Waals surface area contributed by atoms with Crippen LogP contribution in [-0.4, -0.2) is 9.97 Å². The maximum atomic E-state index is 12.8. The number of aromatic nitrogens is 2. The standard InChI is InChI=1S/C24H26N.C15H15FN.Ir/c1-17-13-19(15-24(3,4)5)11-12-21(17)22-14-23(25-16-18(22)2)20-9-7-6-8-10-20;1-15(2,3)12-6-9-14(17-10-12)11-4-7-13(16)8-5-11;/h6-9,11-14,16H,15H2,1-5H3;4,6-10H,1-3H3;/q2*-1;/i1D3,2D3,12D,14D,15D2;;. The van der Waals surface area contributed by atoms with E-state index in [1.54, 1.807) is 51.1 Å². The first kappa shape index (κ1) is 22.1. The molecule has 43 heavy (non-hydrogen) atoms. The molecule has 0 bridgehead atoms. The molecule has 0 amide bonds. The fraction of sp³-hybridized carbons (Fsp3) is 0.282. The molecule has 4 heteroatoms. The minimum Gasteiger partial charge on any atom is -0.304 e. The van der Waals surface area contributed by atoms with Crippen LogP contribution >= 0.6 is 0 Å². The first-order valence-electron chi connectivity index (χ1n) is 18.6. The van der Waals surface area contributed by atoms with Crippen molar-refractivity contribution in [2.24, 2.45) is 5.41 Å². The minimum absolute atomic E-state index is 0. The Labute approximate surface area is 285 Å². The molecule has 225 valence electrons. The predicted molar refractivity (Wildman–Crippen MR) is 174 cm³/mol. The van der Waals surface area contributed by atoms with Crippen LogP contribution in [0, 0.1) is 37.1 Å². The van der Waals surface area contributed by atoms with Gasteiger partial charge in [0.2, 0.25) is 0 Å². The van der Waals surface area contributed by atoms with Crippen molar-refractivity contribution in [2.75, 3.05) is 0 Å². The summed E-state index contributed by atoms with van der Waals surface area (Å²) in [5, 5.41) is 0. The van der Waals surface area contributed by atoms with E-state index < -0.39 is 25.5 Å². The average molecular weight is 759 g/mol. The number of nitrogens with zero attached hydrogens (tertiary/aromatic N) is 2. The van der Waals surface area contributed by atoms with Crippen LogP contribution in [0.5, 0.6) is 0 Å². The fourth-order valence-electron chi connectivity index (χ4n) is 4.06. The van der Waals surface area contributed by atoms with Crippen LogP contribution < -0.4 is 0 Å². The van der Waals surface area contributed by atoms with E-state index in [2.05, 4.69) is 48.9 Å². The Bertz CT molecular complexity index is 2020. The quantitative estimate of drug-likeness (QED) is 0.171. The molecular weight excluding hydrogens is 708 g/mol. The summed E-state index contributed by atoms with van der Waals surface area (Å²) in [6.07, 6.45) is 0.967. The molecule has 0 N–H and O–H groups in total. The van der Waals surface area contributed by atoms with Crippen molar-refractivity contribution >= 4 is 0 Å². The zero-order valence-electron chi connectivity index (χ0n) is 35.1. The maximum absolute atomic E-state index is 12.8. The molecule has 3 aromatic carbocycles. The van der Waals surface area contributed by atoms with Gasteiger partial charge in [-0.05, 0) is 75.7 Å². The van der Waals surface area contributed by atoms with Crippen LogP contribution in [0.15, 0.2) is 91.2 Å². The van der Waals surface area contributed by atoms with Crippen LogP contribution in [0.3, 0.4) is 0 Å². The second kappa shape index (κ2) is 14.3. The Balaban J connectivity index is 0.000000351. The molecule has 5 rings (SSSR count). The number of aryl methyl sites for hydroxylation is 2. The maximum Gasteiger partial charge on any atom is 0.0629 e. The number of pyridine rings is 2. The van der Waals surface area contributed by atoms with Gasteiger partial charge in [-0.25, -0.2) is 0 Å². The molecule has 0 saturated carbocycles. The zero-order chi connectivity index (χ0) is 39.0. The summed E-state index contributed by atoms with van der Waals surface area (Å²) in [7, 11) is 0. The molecule has 2 heterocycles. The first-order valence-corrected chi connectivity index (χ1v) is 13.6. The normalized spacial score (nSPS) is 15.6. The van der Waals surface area contributed by atoms with Gasteiger partial charge in [0.05, 0.1) is 2.74 Å². The molecule has 2 aromatic heterocycles. The Morgan fingerprint density at radius 3 is 2.16 bits per heavy atom. The Kier molecular flexibility index (Phi) is 7.37. The molecule has 5 aromatic rings. The number of halogens is 1. The van der Waals surface area contributed by atoms with Gasteiger partial charge in [0.1, 0.15) is 0 Å². The van der Waals surface area contributed by atoms with Crippen LogP contribution in [0.25, 0.3) is 33.6 Å². The predicted octanol–water partition coefficient (Wildman–Crippen LogP) is 10.4. The summed E-state index contributed by atoms with van der Waals surface area (Å²) in [6.45, 7) is 5.89. The van der Waals surface area contributed by atoms with Crippen molar-refractivity contribution in [3.8, 4) is 33.6 Å². The smallest absolute Gasteiger partial charge is 0.0629 e. The van der Waals surface area contributed by atoms with Gasteiger partial charge in [-0.3, -0.25) is 4.39 Å². The monoisotopic (exact) mass is 759 g/mol. The topological polar surface area (TPSA) is 25.8 Å². The summed E-state index contributed by atoms with van der Waals surface area (Å²) in [5.41, 5.74) is 1.29. The molecule has 0 unspecified atom stereocenters. The van der Waals surface area contributed by atoms with Gasteiger partial charge in [-0.1, -0.05) is 77.9 Å². The van der Waals surface area contributed by atoms with Gasteiger partial charge >= 0.3 is 0 Å². The first-order chi connectivity index (χ1) is 23.8. The summed E-state index contributed by atoms with van der Waals surface area (Å²) in [5.74, 6) is -0.278. The Morgan fingerprint density at radius 2 is 1.58 bits per heavy atom. The summed E-state index contributed by atoms with van der Waals surface area (Å²) < 4.78 is 95.9. The molecule has 2 nitrogen and oxygen atoms in total. The van der Waals surface area contributed by atoms with E-state index in [9.17, 15) is 4.39 Å². The largest absolute Gasteiger partial charge is 0.304 e. The molecule has 0 aliphatic rings.